The molecular formula is C24H21ClF8N4OS. The third kappa shape index (κ3) is 6.94. The minimum atomic E-state index is -6.31. The Labute approximate surface area is 227 Å². The first-order valence-electron chi connectivity index (χ1n) is 10.9. The van der Waals surface area contributed by atoms with Gasteiger partial charge in [-0.15, -0.1) is 0 Å². The second-order valence-electron chi connectivity index (χ2n) is 8.17. The number of allylic oxidation sites excluding steroid dienone is 3. The molecule has 1 aliphatic rings. The van der Waals surface area contributed by atoms with Crippen molar-refractivity contribution in [1.82, 2.24) is 10.6 Å². The summed E-state index contributed by atoms with van der Waals surface area (Å²) in [7, 11) is 2.14. The third-order valence-electron chi connectivity index (χ3n) is 5.51. The molecule has 0 bridgehead atoms. The summed E-state index contributed by atoms with van der Waals surface area (Å²) < 4.78 is 109. The molecule has 5 nitrogen and oxygen atoms in total. The highest BCUT2D eigenvalue weighted by Gasteiger charge is 2.63. The van der Waals surface area contributed by atoms with Gasteiger partial charge in [-0.1, -0.05) is 42.1 Å². The molecular weight excluding hydrogens is 580 g/mol. The Morgan fingerprint density at radius 2 is 1.79 bits per heavy atom. The van der Waals surface area contributed by atoms with Gasteiger partial charge in [0.05, 0.1) is 27.9 Å². The highest BCUT2D eigenvalue weighted by atomic mass is 35.5. The number of hydrogen-bond acceptors (Lipinski definition) is 5. The molecule has 0 saturated heterocycles. The summed E-state index contributed by atoms with van der Waals surface area (Å²) in [6, 6.07) is 5.88. The van der Waals surface area contributed by atoms with Crippen molar-refractivity contribution in [2.45, 2.75) is 43.6 Å². The lowest BCUT2D eigenvalue weighted by Gasteiger charge is -2.28. The fourth-order valence-corrected chi connectivity index (χ4v) is 4.46. The van der Waals surface area contributed by atoms with Crippen molar-refractivity contribution < 1.29 is 39.9 Å². The summed E-state index contributed by atoms with van der Waals surface area (Å²) in [6.45, 7) is 4.07. The van der Waals surface area contributed by atoms with E-state index in [2.05, 4.69) is 16.9 Å². The summed E-state index contributed by atoms with van der Waals surface area (Å²) in [5.41, 5.74) is -6.65. The molecule has 0 aliphatic heterocycles. The van der Waals surface area contributed by atoms with E-state index in [-0.39, 0.29) is 27.3 Å². The number of nitrogens with zero attached hydrogens (tertiary/aromatic N) is 2. The van der Waals surface area contributed by atoms with Crippen LogP contribution in [0.3, 0.4) is 0 Å². The van der Waals surface area contributed by atoms with Crippen molar-refractivity contribution in [1.29, 1.82) is 5.26 Å². The van der Waals surface area contributed by atoms with E-state index in [0.29, 0.717) is 31.5 Å². The minimum absolute atomic E-state index is 0.00783. The second kappa shape index (κ2) is 11.6. The topological polar surface area (TPSA) is 77.3 Å². The summed E-state index contributed by atoms with van der Waals surface area (Å²) in [5.74, 6) is -6.52. The van der Waals surface area contributed by atoms with Crippen LogP contribution in [0.1, 0.15) is 35.7 Å². The van der Waals surface area contributed by atoms with Crippen LogP contribution >= 0.6 is 23.4 Å². The molecule has 0 atom stereocenters. The number of likely N-dealkylation sites (N-methyl/N-ethyl adjacent to an activating group) is 1. The summed E-state index contributed by atoms with van der Waals surface area (Å²) in [4.78, 5) is 16.0. The zero-order chi connectivity index (χ0) is 30.0. The van der Waals surface area contributed by atoms with Crippen LogP contribution in [0.25, 0.3) is 0 Å². The summed E-state index contributed by atoms with van der Waals surface area (Å²) in [5, 5.41) is 13.7. The number of carbonyl (C=O) groups excluding carboxylic acids is 1. The van der Waals surface area contributed by atoms with Gasteiger partial charge < -0.3 is 10.6 Å². The Hall–Kier alpha value is -3.05. The molecule has 0 spiro atoms. The number of thioether (sulfide) groups is 1. The molecule has 2 N–H and O–H groups in total. The van der Waals surface area contributed by atoms with Gasteiger partial charge in [0.1, 0.15) is 10.6 Å². The first kappa shape index (κ1) is 32.2. The largest absolute Gasteiger partial charge is 0.458 e. The predicted octanol–water partition coefficient (Wildman–Crippen LogP) is 6.93. The molecule has 0 radical (unpaired) electrons. The lowest BCUT2D eigenvalue weighted by atomic mass is 9.96. The van der Waals surface area contributed by atoms with Crippen LogP contribution in [0.5, 0.6) is 0 Å². The van der Waals surface area contributed by atoms with E-state index in [1.165, 1.54) is 25.2 Å². The number of halogens is 9. The highest BCUT2D eigenvalue weighted by molar-refractivity contribution is 8.17. The standard InChI is InChI=1S/C24H21ClF8N4OS/c1-5-15(22(26,27)24(31,32)33)17(23(28,29)30)18(35-3)12(2)39-20(36-4)13-6-7-16(25)14(10-13)19(38)37-21(11-34)8-9-21/h5-7,10,35H,2,8-9H2,1,3-4H3,(H,37,38)/b15-5+,18-17+,36-20?. The Kier molecular flexibility index (Phi) is 9.56. The van der Waals surface area contributed by atoms with Gasteiger partial charge >= 0.3 is 18.3 Å². The maximum Gasteiger partial charge on any atom is 0.458 e. The van der Waals surface area contributed by atoms with Gasteiger partial charge in [-0.2, -0.15) is 40.4 Å². The van der Waals surface area contributed by atoms with Crippen molar-refractivity contribution in [3.8, 4) is 6.07 Å². The van der Waals surface area contributed by atoms with Gasteiger partial charge in [0.2, 0.25) is 0 Å². The monoisotopic (exact) mass is 600 g/mol. The molecule has 1 aromatic carbocycles. The van der Waals surface area contributed by atoms with Gasteiger partial charge in [-0.3, -0.25) is 9.79 Å². The van der Waals surface area contributed by atoms with Gasteiger partial charge in [0.25, 0.3) is 5.91 Å². The number of nitriles is 1. The number of aliphatic imine (C=N–C) groups is 1. The van der Waals surface area contributed by atoms with Gasteiger partial charge in [0, 0.05) is 30.1 Å². The molecule has 0 aromatic heterocycles. The first-order valence-corrected chi connectivity index (χ1v) is 12.1. The van der Waals surface area contributed by atoms with E-state index >= 15 is 0 Å². The van der Waals surface area contributed by atoms with Crippen molar-refractivity contribution in [3.63, 3.8) is 0 Å². The number of carbonyl (C=O) groups is 1. The molecule has 1 amide bonds. The summed E-state index contributed by atoms with van der Waals surface area (Å²) >= 11 is 6.54. The Morgan fingerprint density at radius 3 is 2.21 bits per heavy atom. The highest BCUT2D eigenvalue weighted by Crippen LogP contribution is 2.49. The normalized spacial score (nSPS) is 16.7. The summed E-state index contributed by atoms with van der Waals surface area (Å²) in [6.07, 6.45) is -11.0. The van der Waals surface area contributed by atoms with E-state index in [9.17, 15) is 45.2 Å². The number of hydrogen-bond donors (Lipinski definition) is 2. The lowest BCUT2D eigenvalue weighted by molar-refractivity contribution is -0.265. The number of benzene rings is 1. The van der Waals surface area contributed by atoms with E-state index in [1.54, 1.807) is 0 Å². The van der Waals surface area contributed by atoms with E-state index in [1.807, 2.05) is 11.4 Å². The molecule has 212 valence electrons. The molecule has 0 heterocycles. The number of amides is 1. The smallest absolute Gasteiger partial charge is 0.387 e. The SMILES string of the molecule is C=C(SC(=NC)c1ccc(Cl)c(C(=O)NC2(C#N)CC2)c1)/C(NC)=C(/C(=C\C)C(F)(F)C(F)(F)F)C(F)(F)F. The lowest BCUT2D eigenvalue weighted by Crippen LogP contribution is -2.41. The van der Waals surface area contributed by atoms with Crippen LogP contribution < -0.4 is 10.6 Å². The molecule has 1 aromatic rings. The van der Waals surface area contributed by atoms with Gasteiger partial charge in [0.15, 0.2) is 0 Å². The van der Waals surface area contributed by atoms with Crippen molar-refractivity contribution in [2.75, 3.05) is 14.1 Å². The third-order valence-corrected chi connectivity index (χ3v) is 6.90. The maximum atomic E-state index is 14.1. The molecule has 1 aliphatic carbocycles. The zero-order valence-electron chi connectivity index (χ0n) is 20.5. The maximum absolute atomic E-state index is 14.1. The van der Waals surface area contributed by atoms with E-state index in [4.69, 9.17) is 11.6 Å². The van der Waals surface area contributed by atoms with Crippen molar-refractivity contribution in [2.24, 2.45) is 4.99 Å². The van der Waals surface area contributed by atoms with Gasteiger partial charge in [-0.25, -0.2) is 0 Å². The molecule has 15 heteroatoms. The van der Waals surface area contributed by atoms with Crippen molar-refractivity contribution >= 4 is 34.3 Å². The van der Waals surface area contributed by atoms with Crippen LogP contribution in [0, 0.1) is 11.3 Å². The van der Waals surface area contributed by atoms with Crippen LogP contribution in [0.15, 0.2) is 57.6 Å². The average molecular weight is 601 g/mol. The predicted molar refractivity (Wildman–Crippen MR) is 133 cm³/mol. The number of nitrogens with one attached hydrogen (secondary N) is 2. The van der Waals surface area contributed by atoms with E-state index < -0.39 is 51.5 Å². The molecule has 0 unspecified atom stereocenters. The number of rotatable bonds is 8. The Morgan fingerprint density at radius 1 is 1.21 bits per heavy atom. The first-order chi connectivity index (χ1) is 17.9. The van der Waals surface area contributed by atoms with Crippen LogP contribution in [-0.2, 0) is 0 Å². The fourth-order valence-electron chi connectivity index (χ4n) is 3.38. The molecule has 2 rings (SSSR count). The molecule has 1 saturated carbocycles. The van der Waals surface area contributed by atoms with Crippen molar-refractivity contribution in [3.05, 3.63) is 68.8 Å². The molecule has 39 heavy (non-hydrogen) atoms. The fraction of sp³-hybridized carbons (Fsp3) is 0.375. The quantitative estimate of drug-likeness (QED) is 0.147. The van der Waals surface area contributed by atoms with Crippen LogP contribution in [0.2, 0.25) is 5.02 Å². The average Bonchev–Trinajstić information content (AvgIpc) is 3.61. The minimum Gasteiger partial charge on any atom is -0.387 e. The second-order valence-corrected chi connectivity index (χ2v) is 9.66. The van der Waals surface area contributed by atoms with E-state index in [0.717, 1.165) is 7.05 Å². The zero-order valence-corrected chi connectivity index (χ0v) is 22.1. The number of alkyl halides is 8. The van der Waals surface area contributed by atoms with Crippen LogP contribution in [-0.4, -0.2) is 48.9 Å². The Balaban J connectivity index is 2.54. The van der Waals surface area contributed by atoms with Gasteiger partial charge in [-0.05, 0) is 31.9 Å². The molecule has 1 fully saturated rings. The Bertz CT molecular complexity index is 1290. The van der Waals surface area contributed by atoms with Crippen LogP contribution in [0.4, 0.5) is 35.1 Å².